The highest BCUT2D eigenvalue weighted by molar-refractivity contribution is 7.08. The number of carbonyl (C=O) groups excluding carboxylic acids is 1. The van der Waals surface area contributed by atoms with Gasteiger partial charge in [0, 0.05) is 6.04 Å². The van der Waals surface area contributed by atoms with E-state index in [0.29, 0.717) is 12.0 Å². The third-order valence-corrected chi connectivity index (χ3v) is 4.32. The molecule has 1 aliphatic rings. The lowest BCUT2D eigenvalue weighted by Crippen LogP contribution is -2.44. The summed E-state index contributed by atoms with van der Waals surface area (Å²) in [5, 5.41) is 19.8. The van der Waals surface area contributed by atoms with Crippen LogP contribution in [0.15, 0.2) is 16.8 Å². The molecule has 1 aromatic heterocycles. The van der Waals surface area contributed by atoms with Crippen LogP contribution in [0.4, 0.5) is 4.79 Å². The fourth-order valence-electron chi connectivity index (χ4n) is 2.26. The minimum Gasteiger partial charge on any atom is -0.384 e. The second kappa shape index (κ2) is 5.92. The zero-order valence-electron chi connectivity index (χ0n) is 11.5. The van der Waals surface area contributed by atoms with Gasteiger partial charge in [-0.15, -0.1) is 0 Å². The highest BCUT2D eigenvalue weighted by atomic mass is 32.1. The first kappa shape index (κ1) is 14.3. The number of hydrogen-bond acceptors (Lipinski definition) is 3. The minimum atomic E-state index is -1.01. The van der Waals surface area contributed by atoms with Crippen LogP contribution in [0, 0.1) is 5.92 Å². The van der Waals surface area contributed by atoms with Crippen molar-refractivity contribution in [3.05, 3.63) is 22.4 Å². The number of thiophene rings is 1. The van der Waals surface area contributed by atoms with E-state index in [1.165, 1.54) is 17.8 Å². The Bertz CT molecular complexity index is 417. The van der Waals surface area contributed by atoms with Gasteiger partial charge >= 0.3 is 6.03 Å². The Balaban J connectivity index is 1.72. The molecule has 1 aromatic rings. The van der Waals surface area contributed by atoms with Crippen molar-refractivity contribution in [2.75, 3.05) is 6.54 Å². The smallest absolute Gasteiger partial charge is 0.315 e. The van der Waals surface area contributed by atoms with E-state index in [9.17, 15) is 9.90 Å². The summed E-state index contributed by atoms with van der Waals surface area (Å²) in [5.41, 5.74) is -0.169. The molecule has 0 bridgehead atoms. The average molecular weight is 282 g/mol. The van der Waals surface area contributed by atoms with E-state index in [1.807, 2.05) is 16.8 Å². The molecule has 3 atom stereocenters. The SMILES string of the molecule is CCCC1CC1NC(=O)NCC(C)(O)c1ccsc1. The minimum absolute atomic E-state index is 0.181. The molecular formula is C14H22N2O2S. The van der Waals surface area contributed by atoms with Crippen molar-refractivity contribution in [2.24, 2.45) is 5.92 Å². The summed E-state index contributed by atoms with van der Waals surface area (Å²) >= 11 is 1.54. The average Bonchev–Trinajstić information content (AvgIpc) is 2.88. The van der Waals surface area contributed by atoms with Gasteiger partial charge in [-0.3, -0.25) is 0 Å². The fourth-order valence-corrected chi connectivity index (χ4v) is 3.04. The highest BCUT2D eigenvalue weighted by Gasteiger charge is 2.37. The second-order valence-corrected chi connectivity index (χ2v) is 6.28. The maximum Gasteiger partial charge on any atom is 0.315 e. The van der Waals surface area contributed by atoms with Gasteiger partial charge in [-0.1, -0.05) is 13.3 Å². The largest absolute Gasteiger partial charge is 0.384 e. The number of carbonyl (C=O) groups is 1. The number of amides is 2. The summed E-state index contributed by atoms with van der Waals surface area (Å²) in [7, 11) is 0. The van der Waals surface area contributed by atoms with Crippen LogP contribution >= 0.6 is 11.3 Å². The number of rotatable bonds is 6. The van der Waals surface area contributed by atoms with E-state index < -0.39 is 5.60 Å². The van der Waals surface area contributed by atoms with Gasteiger partial charge in [0.1, 0.15) is 5.60 Å². The van der Waals surface area contributed by atoms with Crippen molar-refractivity contribution >= 4 is 17.4 Å². The third kappa shape index (κ3) is 3.94. The Morgan fingerprint density at radius 2 is 2.42 bits per heavy atom. The van der Waals surface area contributed by atoms with Crippen LogP contribution in [0.1, 0.15) is 38.7 Å². The Morgan fingerprint density at radius 1 is 1.63 bits per heavy atom. The molecule has 0 spiro atoms. The lowest BCUT2D eigenvalue weighted by Gasteiger charge is -2.22. The van der Waals surface area contributed by atoms with Crippen molar-refractivity contribution in [1.82, 2.24) is 10.6 Å². The van der Waals surface area contributed by atoms with Crippen molar-refractivity contribution in [2.45, 2.75) is 44.8 Å². The van der Waals surface area contributed by atoms with Crippen molar-refractivity contribution in [3.63, 3.8) is 0 Å². The quantitative estimate of drug-likeness (QED) is 0.750. The Hall–Kier alpha value is -1.07. The molecule has 0 aliphatic heterocycles. The zero-order valence-corrected chi connectivity index (χ0v) is 12.3. The van der Waals surface area contributed by atoms with Crippen LogP contribution in [0.2, 0.25) is 0 Å². The van der Waals surface area contributed by atoms with Crippen molar-refractivity contribution in [3.8, 4) is 0 Å². The van der Waals surface area contributed by atoms with Gasteiger partial charge in [-0.05, 0) is 48.1 Å². The Labute approximate surface area is 118 Å². The first-order valence-corrected chi connectivity index (χ1v) is 7.76. The standard InChI is InChI=1S/C14H22N2O2S/c1-3-4-10-7-12(10)16-13(17)15-9-14(2,18)11-5-6-19-8-11/h5-6,8,10,12,18H,3-4,7,9H2,1-2H3,(H2,15,16,17). The van der Waals surface area contributed by atoms with Gasteiger partial charge < -0.3 is 15.7 Å². The molecule has 5 heteroatoms. The molecule has 1 heterocycles. The van der Waals surface area contributed by atoms with Crippen LogP contribution in [-0.4, -0.2) is 23.7 Å². The van der Waals surface area contributed by atoms with Gasteiger partial charge in [-0.25, -0.2) is 4.79 Å². The van der Waals surface area contributed by atoms with E-state index in [0.717, 1.165) is 18.4 Å². The lowest BCUT2D eigenvalue weighted by molar-refractivity contribution is 0.0598. The highest BCUT2D eigenvalue weighted by Crippen LogP contribution is 2.34. The summed E-state index contributed by atoms with van der Waals surface area (Å²) in [6, 6.07) is 2.02. The fraction of sp³-hybridized carbons (Fsp3) is 0.643. The number of aliphatic hydroxyl groups is 1. The molecule has 1 aliphatic carbocycles. The number of hydrogen-bond donors (Lipinski definition) is 3. The summed E-state index contributed by atoms with van der Waals surface area (Å²) in [5.74, 6) is 0.646. The monoisotopic (exact) mass is 282 g/mol. The van der Waals surface area contributed by atoms with E-state index in [1.54, 1.807) is 6.92 Å². The molecule has 106 valence electrons. The van der Waals surface area contributed by atoms with Gasteiger partial charge in [0.15, 0.2) is 0 Å². The summed E-state index contributed by atoms with van der Waals surface area (Å²) in [6.07, 6.45) is 3.43. The van der Waals surface area contributed by atoms with Crippen LogP contribution in [0.5, 0.6) is 0 Å². The zero-order chi connectivity index (χ0) is 13.9. The Morgan fingerprint density at radius 3 is 3.05 bits per heavy atom. The van der Waals surface area contributed by atoms with E-state index >= 15 is 0 Å². The van der Waals surface area contributed by atoms with Gasteiger partial charge in [0.25, 0.3) is 0 Å². The predicted molar refractivity (Wildman–Crippen MR) is 77.2 cm³/mol. The molecule has 1 saturated carbocycles. The molecule has 0 aromatic carbocycles. The predicted octanol–water partition coefficient (Wildman–Crippen LogP) is 2.44. The number of urea groups is 1. The van der Waals surface area contributed by atoms with Gasteiger partial charge in [-0.2, -0.15) is 11.3 Å². The van der Waals surface area contributed by atoms with Crippen LogP contribution < -0.4 is 10.6 Å². The first-order chi connectivity index (χ1) is 9.03. The second-order valence-electron chi connectivity index (χ2n) is 5.50. The molecule has 19 heavy (non-hydrogen) atoms. The van der Waals surface area contributed by atoms with Crippen LogP contribution in [0.3, 0.4) is 0 Å². The topological polar surface area (TPSA) is 61.4 Å². The molecule has 4 nitrogen and oxygen atoms in total. The first-order valence-electron chi connectivity index (χ1n) is 6.82. The van der Waals surface area contributed by atoms with E-state index in [4.69, 9.17) is 0 Å². The summed E-state index contributed by atoms with van der Waals surface area (Å²) < 4.78 is 0. The molecular weight excluding hydrogens is 260 g/mol. The summed E-state index contributed by atoms with van der Waals surface area (Å²) in [6.45, 7) is 4.10. The van der Waals surface area contributed by atoms with Crippen LogP contribution in [0.25, 0.3) is 0 Å². The molecule has 0 saturated heterocycles. The molecule has 3 N–H and O–H groups in total. The van der Waals surface area contributed by atoms with E-state index in [2.05, 4.69) is 17.6 Å². The molecule has 1 fully saturated rings. The maximum atomic E-state index is 11.7. The normalized spacial score (nSPS) is 24.6. The third-order valence-electron chi connectivity index (χ3n) is 3.63. The van der Waals surface area contributed by atoms with Gasteiger partial charge in [0.05, 0.1) is 6.54 Å². The van der Waals surface area contributed by atoms with Crippen molar-refractivity contribution in [1.29, 1.82) is 0 Å². The van der Waals surface area contributed by atoms with Crippen molar-refractivity contribution < 1.29 is 9.90 Å². The number of nitrogens with one attached hydrogen (secondary N) is 2. The van der Waals surface area contributed by atoms with E-state index in [-0.39, 0.29) is 12.6 Å². The summed E-state index contributed by atoms with van der Waals surface area (Å²) in [4.78, 5) is 11.7. The maximum absolute atomic E-state index is 11.7. The lowest BCUT2D eigenvalue weighted by atomic mass is 9.99. The van der Waals surface area contributed by atoms with Crippen LogP contribution in [-0.2, 0) is 5.60 Å². The van der Waals surface area contributed by atoms with Gasteiger partial charge in [0.2, 0.25) is 0 Å². The molecule has 0 radical (unpaired) electrons. The molecule has 2 rings (SSSR count). The molecule has 3 unspecified atom stereocenters. The Kier molecular flexibility index (Phi) is 4.47. The molecule has 2 amide bonds.